The lowest BCUT2D eigenvalue weighted by Gasteiger charge is -2.23. The van der Waals surface area contributed by atoms with E-state index in [0.29, 0.717) is 6.54 Å². The number of rotatable bonds is 3. The number of nitrogens with one attached hydrogen (secondary N) is 1. The van der Waals surface area contributed by atoms with Gasteiger partial charge in [0.25, 0.3) is 0 Å². The molecule has 0 amide bonds. The molecule has 1 aromatic heterocycles. The number of anilines is 2. The predicted molar refractivity (Wildman–Crippen MR) is 80.6 cm³/mol. The molecule has 3 nitrogen and oxygen atoms in total. The summed E-state index contributed by atoms with van der Waals surface area (Å²) in [7, 11) is 0. The first kappa shape index (κ1) is 13.6. The minimum absolute atomic E-state index is 0.0846. The van der Waals surface area contributed by atoms with Crippen molar-refractivity contribution in [3.8, 4) is 0 Å². The molecule has 0 bridgehead atoms. The van der Waals surface area contributed by atoms with Crippen molar-refractivity contribution in [2.75, 3.05) is 5.32 Å². The maximum atomic E-state index is 5.75. The van der Waals surface area contributed by atoms with Gasteiger partial charge in [-0.05, 0) is 23.1 Å². The summed E-state index contributed by atoms with van der Waals surface area (Å²) in [5.74, 6) is 0.835. The Morgan fingerprint density at radius 1 is 1.11 bits per heavy atom. The van der Waals surface area contributed by atoms with Crippen molar-refractivity contribution >= 4 is 11.5 Å². The molecule has 1 aromatic carbocycles. The Bertz CT molecular complexity index is 556. The number of nitrogens with two attached hydrogens (primary N) is 1. The van der Waals surface area contributed by atoms with Crippen LogP contribution in [0.15, 0.2) is 42.6 Å². The zero-order valence-corrected chi connectivity index (χ0v) is 11.8. The van der Waals surface area contributed by atoms with E-state index in [1.54, 1.807) is 6.20 Å². The number of hydrogen-bond donors (Lipinski definition) is 2. The van der Waals surface area contributed by atoms with E-state index in [9.17, 15) is 0 Å². The average Bonchev–Trinajstić information content (AvgIpc) is 2.39. The van der Waals surface area contributed by atoms with E-state index in [0.717, 1.165) is 17.1 Å². The molecule has 0 atom stereocenters. The summed E-state index contributed by atoms with van der Waals surface area (Å²) in [5.41, 5.74) is 9.21. The van der Waals surface area contributed by atoms with Crippen LogP contribution in [-0.2, 0) is 12.0 Å². The average molecular weight is 255 g/mol. The van der Waals surface area contributed by atoms with Gasteiger partial charge >= 0.3 is 0 Å². The summed E-state index contributed by atoms with van der Waals surface area (Å²) in [6, 6.07) is 12.2. The van der Waals surface area contributed by atoms with Crippen molar-refractivity contribution in [2.24, 2.45) is 5.73 Å². The number of para-hydroxylation sites is 1. The van der Waals surface area contributed by atoms with E-state index in [-0.39, 0.29) is 5.41 Å². The van der Waals surface area contributed by atoms with E-state index in [1.165, 1.54) is 5.56 Å². The lowest BCUT2D eigenvalue weighted by molar-refractivity contribution is 0.592. The van der Waals surface area contributed by atoms with Crippen molar-refractivity contribution in [3.63, 3.8) is 0 Å². The van der Waals surface area contributed by atoms with Crippen molar-refractivity contribution in [3.05, 3.63) is 53.7 Å². The van der Waals surface area contributed by atoms with Crippen LogP contribution in [0, 0.1) is 0 Å². The fourth-order valence-electron chi connectivity index (χ4n) is 2.09. The number of hydrogen-bond acceptors (Lipinski definition) is 3. The van der Waals surface area contributed by atoms with Gasteiger partial charge in [0.1, 0.15) is 5.82 Å². The van der Waals surface area contributed by atoms with Crippen molar-refractivity contribution < 1.29 is 0 Å². The topological polar surface area (TPSA) is 50.9 Å². The van der Waals surface area contributed by atoms with Crippen LogP contribution >= 0.6 is 0 Å². The third kappa shape index (κ3) is 3.12. The molecular weight excluding hydrogens is 234 g/mol. The minimum atomic E-state index is 0.0846. The van der Waals surface area contributed by atoms with Gasteiger partial charge in [0, 0.05) is 24.0 Å². The number of nitrogens with zero attached hydrogens (tertiary/aromatic N) is 1. The fourth-order valence-corrected chi connectivity index (χ4v) is 2.09. The Hall–Kier alpha value is -1.87. The van der Waals surface area contributed by atoms with Gasteiger partial charge < -0.3 is 11.1 Å². The van der Waals surface area contributed by atoms with E-state index in [2.05, 4.69) is 49.3 Å². The summed E-state index contributed by atoms with van der Waals surface area (Å²) >= 11 is 0. The molecule has 2 aromatic rings. The largest absolute Gasteiger partial charge is 0.340 e. The monoisotopic (exact) mass is 255 g/mol. The van der Waals surface area contributed by atoms with Gasteiger partial charge in [-0.25, -0.2) is 4.98 Å². The molecule has 2 rings (SSSR count). The van der Waals surface area contributed by atoms with Crippen LogP contribution in [0.4, 0.5) is 11.5 Å². The Morgan fingerprint density at radius 2 is 1.84 bits per heavy atom. The molecular formula is C16H21N3. The Kier molecular flexibility index (Phi) is 3.86. The van der Waals surface area contributed by atoms with Crippen LogP contribution in [0.1, 0.15) is 31.9 Å². The molecule has 0 radical (unpaired) electrons. The van der Waals surface area contributed by atoms with Crippen molar-refractivity contribution in [1.82, 2.24) is 4.98 Å². The lowest BCUT2D eigenvalue weighted by atomic mass is 9.86. The second-order valence-electron chi connectivity index (χ2n) is 5.64. The number of pyridine rings is 1. The number of benzene rings is 1. The quantitative estimate of drug-likeness (QED) is 0.881. The Morgan fingerprint density at radius 3 is 2.53 bits per heavy atom. The van der Waals surface area contributed by atoms with Crippen LogP contribution in [0.5, 0.6) is 0 Å². The van der Waals surface area contributed by atoms with Crippen LogP contribution in [-0.4, -0.2) is 4.98 Å². The third-order valence-electron chi connectivity index (χ3n) is 3.10. The fraction of sp³-hybridized carbons (Fsp3) is 0.312. The minimum Gasteiger partial charge on any atom is -0.340 e. The highest BCUT2D eigenvalue weighted by Gasteiger charge is 2.17. The second kappa shape index (κ2) is 5.41. The summed E-state index contributed by atoms with van der Waals surface area (Å²) < 4.78 is 0. The van der Waals surface area contributed by atoms with Gasteiger partial charge in [-0.3, -0.25) is 0 Å². The molecule has 0 aliphatic rings. The molecule has 0 fully saturated rings. The highest BCUT2D eigenvalue weighted by atomic mass is 15.0. The van der Waals surface area contributed by atoms with Gasteiger partial charge in [-0.15, -0.1) is 0 Å². The van der Waals surface area contributed by atoms with Gasteiger partial charge in [0.15, 0.2) is 0 Å². The zero-order valence-electron chi connectivity index (χ0n) is 11.8. The van der Waals surface area contributed by atoms with Crippen molar-refractivity contribution in [1.29, 1.82) is 0 Å². The van der Waals surface area contributed by atoms with Gasteiger partial charge in [0.2, 0.25) is 0 Å². The molecule has 3 heteroatoms. The summed E-state index contributed by atoms with van der Waals surface area (Å²) in [4.78, 5) is 4.38. The lowest BCUT2D eigenvalue weighted by Crippen LogP contribution is -2.14. The van der Waals surface area contributed by atoms with Crippen LogP contribution in [0.25, 0.3) is 0 Å². The molecule has 19 heavy (non-hydrogen) atoms. The van der Waals surface area contributed by atoms with Crippen LogP contribution in [0.2, 0.25) is 0 Å². The Labute approximate surface area is 114 Å². The summed E-state index contributed by atoms with van der Waals surface area (Å²) in [5, 5.41) is 3.41. The first-order valence-corrected chi connectivity index (χ1v) is 6.53. The maximum absolute atomic E-state index is 5.75. The molecule has 0 spiro atoms. The zero-order chi connectivity index (χ0) is 13.9. The number of aromatic nitrogens is 1. The molecule has 0 saturated heterocycles. The molecule has 100 valence electrons. The highest BCUT2D eigenvalue weighted by Crippen LogP contribution is 2.31. The maximum Gasteiger partial charge on any atom is 0.134 e. The predicted octanol–water partition coefficient (Wildman–Crippen LogP) is 3.58. The molecule has 1 heterocycles. The van der Waals surface area contributed by atoms with Crippen molar-refractivity contribution in [2.45, 2.75) is 32.7 Å². The van der Waals surface area contributed by atoms with E-state index < -0.39 is 0 Å². The first-order chi connectivity index (χ1) is 9.02. The van der Waals surface area contributed by atoms with Crippen LogP contribution < -0.4 is 11.1 Å². The normalized spacial score (nSPS) is 11.4. The third-order valence-corrected chi connectivity index (χ3v) is 3.10. The molecule has 3 N–H and O–H groups in total. The summed E-state index contributed by atoms with van der Waals surface area (Å²) in [6.45, 7) is 7.09. The van der Waals surface area contributed by atoms with Gasteiger partial charge in [0.05, 0.1) is 0 Å². The van der Waals surface area contributed by atoms with E-state index in [4.69, 9.17) is 5.73 Å². The standard InChI is InChI=1S/C16H21N3/c1-16(2,3)13-8-4-5-9-14(13)19-15-12(11-17)7-6-10-18-15/h4-10H,11,17H2,1-3H3,(H,18,19). The molecule has 0 saturated carbocycles. The smallest absolute Gasteiger partial charge is 0.134 e. The van der Waals surface area contributed by atoms with E-state index in [1.807, 2.05) is 18.2 Å². The van der Waals surface area contributed by atoms with Gasteiger partial charge in [-0.2, -0.15) is 0 Å². The van der Waals surface area contributed by atoms with Gasteiger partial charge in [-0.1, -0.05) is 45.0 Å². The first-order valence-electron chi connectivity index (χ1n) is 6.53. The molecule has 0 aliphatic heterocycles. The molecule has 0 aliphatic carbocycles. The van der Waals surface area contributed by atoms with E-state index >= 15 is 0 Å². The Balaban J connectivity index is 2.39. The highest BCUT2D eigenvalue weighted by molar-refractivity contribution is 5.64. The van der Waals surface area contributed by atoms with Crippen LogP contribution in [0.3, 0.4) is 0 Å². The second-order valence-corrected chi connectivity index (χ2v) is 5.64. The summed E-state index contributed by atoms with van der Waals surface area (Å²) in [6.07, 6.45) is 1.78. The molecule has 0 unspecified atom stereocenters. The SMILES string of the molecule is CC(C)(C)c1ccccc1Nc1ncccc1CN.